The lowest BCUT2D eigenvalue weighted by Gasteiger charge is -2.17. The number of urea groups is 1. The van der Waals surface area contributed by atoms with Crippen LogP contribution in [0.5, 0.6) is 0 Å². The molecule has 3 N–H and O–H groups in total. The molecule has 0 saturated carbocycles. The van der Waals surface area contributed by atoms with Crippen LogP contribution in [-0.4, -0.2) is 30.1 Å². The maximum atomic E-state index is 10.4. The summed E-state index contributed by atoms with van der Waals surface area (Å²) < 4.78 is 0. The highest BCUT2D eigenvalue weighted by atomic mass is 16.2. The Hall–Kier alpha value is -1.44. The molecule has 66 valence electrons. The number of carbonyl (C=O) groups excluding carboxylic acids is 1. The molecule has 1 fully saturated rings. The van der Waals surface area contributed by atoms with Crippen molar-refractivity contribution >= 4 is 6.03 Å². The molecule has 0 aromatic carbocycles. The molecule has 1 aliphatic heterocycles. The van der Waals surface area contributed by atoms with Crippen LogP contribution in [0.1, 0.15) is 12.8 Å². The van der Waals surface area contributed by atoms with E-state index in [0.717, 1.165) is 19.4 Å². The molecule has 0 aromatic heterocycles. The zero-order valence-electron chi connectivity index (χ0n) is 6.79. The minimum absolute atomic E-state index is 0.141. The molecular formula is C7H12N4O. The number of carbonyl (C=O) groups is 1. The van der Waals surface area contributed by atoms with Gasteiger partial charge in [0.1, 0.15) is 0 Å². The minimum atomic E-state index is -0.528. The molecule has 0 radical (unpaired) electrons. The number of nitrogens with one attached hydrogen (secondary N) is 1. The number of rotatable bonds is 2. The number of hydrogen-bond donors (Lipinski definition) is 2. The predicted molar refractivity (Wildman–Crippen MR) is 42.9 cm³/mol. The van der Waals surface area contributed by atoms with Crippen LogP contribution >= 0.6 is 0 Å². The van der Waals surface area contributed by atoms with E-state index in [9.17, 15) is 4.79 Å². The van der Waals surface area contributed by atoms with Crippen LogP contribution in [0.15, 0.2) is 0 Å². The summed E-state index contributed by atoms with van der Waals surface area (Å²) in [7, 11) is 0. The number of nitrogens with zero attached hydrogens (tertiary/aromatic N) is 2. The van der Waals surface area contributed by atoms with Gasteiger partial charge in [0.2, 0.25) is 0 Å². The fraction of sp³-hybridized carbons (Fsp3) is 0.714. The van der Waals surface area contributed by atoms with Gasteiger partial charge in [-0.25, -0.2) is 4.79 Å². The van der Waals surface area contributed by atoms with Crippen molar-refractivity contribution in [1.29, 1.82) is 5.26 Å². The fourth-order valence-electron chi connectivity index (χ4n) is 1.40. The predicted octanol–water partition coefficient (Wildman–Crippen LogP) is -0.400. The van der Waals surface area contributed by atoms with Gasteiger partial charge in [-0.05, 0) is 12.8 Å². The van der Waals surface area contributed by atoms with Crippen LogP contribution in [0.3, 0.4) is 0 Å². The number of hydrogen-bond acceptors (Lipinski definition) is 3. The molecule has 5 nitrogen and oxygen atoms in total. The summed E-state index contributed by atoms with van der Waals surface area (Å²) in [5, 5.41) is 11.1. The van der Waals surface area contributed by atoms with E-state index in [1.165, 1.54) is 0 Å². The number of primary amides is 1. The van der Waals surface area contributed by atoms with Gasteiger partial charge in [0.25, 0.3) is 0 Å². The number of likely N-dealkylation sites (tertiary alicyclic amines) is 1. The largest absolute Gasteiger partial charge is 0.352 e. The van der Waals surface area contributed by atoms with E-state index in [1.54, 1.807) is 4.90 Å². The van der Waals surface area contributed by atoms with Crippen LogP contribution in [0.25, 0.3) is 0 Å². The van der Waals surface area contributed by atoms with Crippen LogP contribution in [-0.2, 0) is 0 Å². The lowest BCUT2D eigenvalue weighted by molar-refractivity contribution is 0.245. The van der Waals surface area contributed by atoms with Gasteiger partial charge in [0, 0.05) is 13.1 Å². The van der Waals surface area contributed by atoms with Crippen molar-refractivity contribution in [2.45, 2.75) is 18.9 Å². The Morgan fingerprint density at radius 3 is 3.17 bits per heavy atom. The van der Waals surface area contributed by atoms with Gasteiger partial charge in [-0.1, -0.05) is 0 Å². The second-order valence-corrected chi connectivity index (χ2v) is 2.83. The number of amides is 2. The van der Waals surface area contributed by atoms with Gasteiger partial charge < -0.3 is 16.0 Å². The van der Waals surface area contributed by atoms with Gasteiger partial charge in [0.15, 0.2) is 6.19 Å². The molecule has 1 rings (SSSR count). The van der Waals surface area contributed by atoms with E-state index in [0.29, 0.717) is 6.54 Å². The Bertz CT molecular complexity index is 210. The standard InChI is InChI=1S/C7H12N4O/c8-5-11-3-1-2-6(11)4-10-7(9)12/h6H,1-4H2,(H3,9,10,12)/t6-/m1/s1. The molecule has 0 unspecified atom stereocenters. The van der Waals surface area contributed by atoms with Crippen LogP contribution < -0.4 is 11.1 Å². The van der Waals surface area contributed by atoms with Crippen LogP contribution in [0.2, 0.25) is 0 Å². The molecule has 1 saturated heterocycles. The van der Waals surface area contributed by atoms with Crippen molar-refractivity contribution < 1.29 is 4.79 Å². The third-order valence-corrected chi connectivity index (χ3v) is 2.02. The second-order valence-electron chi connectivity index (χ2n) is 2.83. The van der Waals surface area contributed by atoms with Gasteiger partial charge in [-0.3, -0.25) is 0 Å². The summed E-state index contributed by atoms with van der Waals surface area (Å²) in [6.45, 7) is 1.27. The summed E-state index contributed by atoms with van der Waals surface area (Å²) in [5.41, 5.74) is 4.91. The van der Waals surface area contributed by atoms with E-state index in [2.05, 4.69) is 11.5 Å². The highest BCUT2D eigenvalue weighted by Crippen LogP contribution is 2.14. The Labute approximate surface area is 71.1 Å². The Morgan fingerprint density at radius 2 is 2.58 bits per heavy atom. The van der Waals surface area contributed by atoms with E-state index < -0.39 is 6.03 Å². The normalized spacial score (nSPS) is 21.9. The van der Waals surface area contributed by atoms with Crippen molar-refractivity contribution in [3.63, 3.8) is 0 Å². The molecule has 0 bridgehead atoms. The zero-order chi connectivity index (χ0) is 8.97. The number of nitriles is 1. The number of nitrogens with two attached hydrogens (primary N) is 1. The van der Waals surface area contributed by atoms with Gasteiger partial charge in [-0.2, -0.15) is 5.26 Å². The monoisotopic (exact) mass is 168 g/mol. The first-order valence-corrected chi connectivity index (χ1v) is 3.93. The van der Waals surface area contributed by atoms with Crippen molar-refractivity contribution in [1.82, 2.24) is 10.2 Å². The third-order valence-electron chi connectivity index (χ3n) is 2.02. The highest BCUT2D eigenvalue weighted by Gasteiger charge is 2.22. The second kappa shape index (κ2) is 3.81. The molecule has 1 atom stereocenters. The van der Waals surface area contributed by atoms with Crippen LogP contribution in [0.4, 0.5) is 4.79 Å². The average Bonchev–Trinajstić information content (AvgIpc) is 2.47. The van der Waals surface area contributed by atoms with Gasteiger partial charge >= 0.3 is 6.03 Å². The first-order chi connectivity index (χ1) is 5.74. The molecule has 5 heteroatoms. The third kappa shape index (κ3) is 2.02. The maximum Gasteiger partial charge on any atom is 0.312 e. The summed E-state index contributed by atoms with van der Waals surface area (Å²) >= 11 is 0. The first kappa shape index (κ1) is 8.65. The molecule has 0 spiro atoms. The Kier molecular flexibility index (Phi) is 2.75. The minimum Gasteiger partial charge on any atom is -0.352 e. The molecule has 1 aliphatic rings. The Morgan fingerprint density at radius 1 is 1.83 bits per heavy atom. The fourth-order valence-corrected chi connectivity index (χ4v) is 1.40. The van der Waals surface area contributed by atoms with Crippen molar-refractivity contribution in [3.05, 3.63) is 0 Å². The lowest BCUT2D eigenvalue weighted by atomic mass is 10.2. The highest BCUT2D eigenvalue weighted by molar-refractivity contribution is 5.71. The van der Waals surface area contributed by atoms with Crippen LogP contribution in [0, 0.1) is 11.5 Å². The van der Waals surface area contributed by atoms with E-state index in [1.807, 2.05) is 0 Å². The molecule has 1 heterocycles. The summed E-state index contributed by atoms with van der Waals surface area (Å²) in [4.78, 5) is 12.0. The lowest BCUT2D eigenvalue weighted by Crippen LogP contribution is -2.40. The molecule has 0 aromatic rings. The SMILES string of the molecule is N#CN1CCC[C@@H]1CNC(N)=O. The van der Waals surface area contributed by atoms with Crippen molar-refractivity contribution in [2.75, 3.05) is 13.1 Å². The zero-order valence-corrected chi connectivity index (χ0v) is 6.79. The molecular weight excluding hydrogens is 156 g/mol. The molecule has 2 amide bonds. The van der Waals surface area contributed by atoms with E-state index in [4.69, 9.17) is 11.0 Å². The summed E-state index contributed by atoms with van der Waals surface area (Å²) in [6.07, 6.45) is 4.04. The summed E-state index contributed by atoms with van der Waals surface area (Å²) in [6, 6.07) is -0.387. The average molecular weight is 168 g/mol. The maximum absolute atomic E-state index is 10.4. The van der Waals surface area contributed by atoms with Crippen molar-refractivity contribution in [3.8, 4) is 6.19 Å². The van der Waals surface area contributed by atoms with Gasteiger partial charge in [-0.15, -0.1) is 0 Å². The Balaban J connectivity index is 2.32. The van der Waals surface area contributed by atoms with Crippen molar-refractivity contribution in [2.24, 2.45) is 5.73 Å². The molecule has 12 heavy (non-hydrogen) atoms. The quantitative estimate of drug-likeness (QED) is 0.550. The van der Waals surface area contributed by atoms with Gasteiger partial charge in [0.05, 0.1) is 6.04 Å². The topological polar surface area (TPSA) is 82.2 Å². The van der Waals surface area contributed by atoms with E-state index in [-0.39, 0.29) is 6.04 Å². The smallest absolute Gasteiger partial charge is 0.312 e. The van der Waals surface area contributed by atoms with E-state index >= 15 is 0 Å². The molecule has 0 aliphatic carbocycles. The first-order valence-electron chi connectivity index (χ1n) is 3.93. The summed E-state index contributed by atoms with van der Waals surface area (Å²) in [5.74, 6) is 0.